The van der Waals surface area contributed by atoms with Gasteiger partial charge in [0.2, 0.25) is 6.79 Å². The first-order valence-electron chi connectivity index (χ1n) is 7.21. The molecule has 0 bridgehead atoms. The fourth-order valence-electron chi connectivity index (χ4n) is 1.92. The van der Waals surface area contributed by atoms with E-state index in [1.165, 1.54) is 32.1 Å². The van der Waals surface area contributed by atoms with E-state index in [9.17, 15) is 9.59 Å². The van der Waals surface area contributed by atoms with E-state index in [0.717, 1.165) is 6.92 Å². The lowest BCUT2D eigenvalue weighted by Crippen LogP contribution is -2.31. The quantitative estimate of drug-likeness (QED) is 0.597. The van der Waals surface area contributed by atoms with Crippen LogP contribution in [0.2, 0.25) is 0 Å². The number of amides is 1. The first-order valence-corrected chi connectivity index (χ1v) is 7.21. The van der Waals surface area contributed by atoms with Crippen molar-refractivity contribution in [2.24, 2.45) is 5.92 Å². The van der Waals surface area contributed by atoms with Crippen LogP contribution in [-0.2, 0) is 19.1 Å². The summed E-state index contributed by atoms with van der Waals surface area (Å²) in [5, 5.41) is 10.1. The number of esters is 1. The van der Waals surface area contributed by atoms with Gasteiger partial charge in [0.05, 0.1) is 0 Å². The highest BCUT2D eigenvalue weighted by molar-refractivity contribution is 5.69. The fraction of sp³-hybridized carbons (Fsp3) is 0.786. The molecule has 0 aromatic carbocycles. The summed E-state index contributed by atoms with van der Waals surface area (Å²) < 4.78 is 9.34. The van der Waals surface area contributed by atoms with Crippen LogP contribution >= 0.6 is 0 Å². The molecule has 2 N–H and O–H groups in total. The summed E-state index contributed by atoms with van der Waals surface area (Å²) in [7, 11) is 0. The third-order valence-electron chi connectivity index (χ3n) is 2.96. The van der Waals surface area contributed by atoms with Crippen molar-refractivity contribution in [2.75, 3.05) is 13.3 Å². The fourth-order valence-corrected chi connectivity index (χ4v) is 1.92. The minimum Gasteiger partial charge on any atom is -0.481 e. The number of aliphatic carboxylic acids is 1. The molecule has 0 aliphatic heterocycles. The number of alkyl carbamates (subject to hydrolysis) is 1. The minimum absolute atomic E-state index is 0.285. The highest BCUT2D eigenvalue weighted by atomic mass is 16.7. The monoisotopic (exact) mass is 303 g/mol. The lowest BCUT2D eigenvalue weighted by atomic mass is 9.89. The lowest BCUT2D eigenvalue weighted by molar-refractivity contribution is -0.151. The zero-order valence-electron chi connectivity index (χ0n) is 12.7. The van der Waals surface area contributed by atoms with Crippen LogP contribution in [0.3, 0.4) is 0 Å². The molecule has 1 aliphatic carbocycles. The van der Waals surface area contributed by atoms with Gasteiger partial charge in [-0.2, -0.15) is 0 Å². The molecule has 122 valence electrons. The maximum Gasteiger partial charge on any atom is 0.410 e. The summed E-state index contributed by atoms with van der Waals surface area (Å²) in [4.78, 5) is 31.0. The average Bonchev–Trinajstić information content (AvgIpc) is 2.45. The van der Waals surface area contributed by atoms with Gasteiger partial charge in [-0.25, -0.2) is 4.79 Å². The Morgan fingerprint density at radius 1 is 1.14 bits per heavy atom. The molecule has 1 rings (SSSR count). The SMILES string of the molecule is CC(=O)O.CCC(=O)OCOC(=O)NCC1CCCCC1. The van der Waals surface area contributed by atoms with Crippen molar-refractivity contribution in [3.8, 4) is 0 Å². The van der Waals surface area contributed by atoms with Gasteiger partial charge in [0.15, 0.2) is 0 Å². The summed E-state index contributed by atoms with van der Waals surface area (Å²) in [6.45, 7) is 3.12. The number of carboxylic acids is 1. The van der Waals surface area contributed by atoms with Crippen LogP contribution in [0.15, 0.2) is 0 Å². The molecule has 7 heteroatoms. The second-order valence-corrected chi connectivity index (χ2v) is 4.82. The van der Waals surface area contributed by atoms with E-state index in [1.54, 1.807) is 6.92 Å². The van der Waals surface area contributed by atoms with Gasteiger partial charge in [0.1, 0.15) is 0 Å². The number of carbonyl (C=O) groups is 3. The first-order chi connectivity index (χ1) is 9.95. The molecule has 0 aromatic heterocycles. The number of carbonyl (C=O) groups excluding carboxylic acids is 2. The van der Waals surface area contributed by atoms with Crippen molar-refractivity contribution in [1.29, 1.82) is 0 Å². The van der Waals surface area contributed by atoms with Crippen LogP contribution in [0.25, 0.3) is 0 Å². The highest BCUT2D eigenvalue weighted by Gasteiger charge is 2.14. The molecule has 0 radical (unpaired) electrons. The number of hydrogen-bond acceptors (Lipinski definition) is 5. The molecule has 1 saturated carbocycles. The van der Waals surface area contributed by atoms with Gasteiger partial charge in [-0.15, -0.1) is 0 Å². The molecule has 1 fully saturated rings. The van der Waals surface area contributed by atoms with Crippen LogP contribution in [0.5, 0.6) is 0 Å². The van der Waals surface area contributed by atoms with E-state index in [4.69, 9.17) is 14.6 Å². The summed E-state index contributed by atoms with van der Waals surface area (Å²) in [5.41, 5.74) is 0. The molecule has 0 heterocycles. The van der Waals surface area contributed by atoms with Crippen LogP contribution in [-0.4, -0.2) is 36.5 Å². The van der Waals surface area contributed by atoms with Crippen LogP contribution in [0.4, 0.5) is 4.79 Å². The molecule has 0 atom stereocenters. The first kappa shape index (κ1) is 19.2. The molecule has 7 nitrogen and oxygen atoms in total. The number of rotatable bonds is 5. The summed E-state index contributed by atoms with van der Waals surface area (Å²) in [6, 6.07) is 0. The van der Waals surface area contributed by atoms with Crippen molar-refractivity contribution in [1.82, 2.24) is 5.32 Å². The number of hydrogen-bond donors (Lipinski definition) is 2. The second kappa shape index (κ2) is 12.0. The van der Waals surface area contributed by atoms with Gasteiger partial charge >= 0.3 is 12.1 Å². The Hall–Kier alpha value is -1.79. The Morgan fingerprint density at radius 3 is 2.24 bits per heavy atom. The summed E-state index contributed by atoms with van der Waals surface area (Å²) in [5.74, 6) is -0.639. The largest absolute Gasteiger partial charge is 0.481 e. The van der Waals surface area contributed by atoms with E-state index in [0.29, 0.717) is 12.5 Å². The minimum atomic E-state index is -0.833. The Bertz CT molecular complexity index is 321. The van der Waals surface area contributed by atoms with Crippen molar-refractivity contribution >= 4 is 18.0 Å². The summed E-state index contributed by atoms with van der Waals surface area (Å²) >= 11 is 0. The third kappa shape index (κ3) is 13.0. The van der Waals surface area contributed by atoms with Crippen LogP contribution in [0, 0.1) is 5.92 Å². The lowest BCUT2D eigenvalue weighted by Gasteiger charge is -2.21. The molecule has 1 aliphatic rings. The van der Waals surface area contributed by atoms with Crippen LogP contribution < -0.4 is 5.32 Å². The highest BCUT2D eigenvalue weighted by Crippen LogP contribution is 2.22. The Kier molecular flexibility index (Phi) is 11.0. The predicted octanol–water partition coefficient (Wildman–Crippen LogP) is 2.29. The maximum atomic E-state index is 11.2. The van der Waals surface area contributed by atoms with E-state index in [2.05, 4.69) is 10.1 Å². The number of nitrogens with one attached hydrogen (secondary N) is 1. The van der Waals surface area contributed by atoms with Gasteiger partial charge in [0.25, 0.3) is 5.97 Å². The third-order valence-corrected chi connectivity index (χ3v) is 2.96. The average molecular weight is 303 g/mol. The van der Waals surface area contributed by atoms with Crippen molar-refractivity contribution in [2.45, 2.75) is 52.4 Å². The zero-order valence-corrected chi connectivity index (χ0v) is 12.7. The van der Waals surface area contributed by atoms with Crippen molar-refractivity contribution in [3.05, 3.63) is 0 Å². The molecule has 0 aromatic rings. The predicted molar refractivity (Wildman–Crippen MR) is 75.6 cm³/mol. The van der Waals surface area contributed by atoms with Crippen molar-refractivity contribution < 1.29 is 29.0 Å². The van der Waals surface area contributed by atoms with Gasteiger partial charge in [-0.05, 0) is 18.8 Å². The number of carboxylic acid groups (broad SMARTS) is 1. The Balaban J connectivity index is 0.000000885. The molecule has 0 saturated heterocycles. The molecule has 0 unspecified atom stereocenters. The Labute approximate surface area is 125 Å². The van der Waals surface area contributed by atoms with Crippen LogP contribution in [0.1, 0.15) is 52.4 Å². The normalized spacial score (nSPS) is 14.4. The molecule has 0 spiro atoms. The molecular weight excluding hydrogens is 278 g/mol. The molecular formula is C14H25NO6. The number of ether oxygens (including phenoxy) is 2. The van der Waals surface area contributed by atoms with Gasteiger partial charge in [0, 0.05) is 19.9 Å². The topological polar surface area (TPSA) is 102 Å². The van der Waals surface area contributed by atoms with E-state index in [1.807, 2.05) is 0 Å². The maximum absolute atomic E-state index is 11.2. The standard InChI is InChI=1S/C12H21NO4.C2H4O2/c1-2-11(14)16-9-17-12(15)13-8-10-6-4-3-5-7-10;1-2(3)4/h10H,2-9H2,1H3,(H,13,15);1H3,(H,3,4). The Morgan fingerprint density at radius 2 is 1.71 bits per heavy atom. The smallest absolute Gasteiger partial charge is 0.410 e. The van der Waals surface area contributed by atoms with Gasteiger partial charge in [-0.3, -0.25) is 9.59 Å². The zero-order chi connectivity index (χ0) is 16.1. The van der Waals surface area contributed by atoms with Crippen molar-refractivity contribution in [3.63, 3.8) is 0 Å². The van der Waals surface area contributed by atoms with E-state index >= 15 is 0 Å². The van der Waals surface area contributed by atoms with Gasteiger partial charge < -0.3 is 19.9 Å². The molecule has 21 heavy (non-hydrogen) atoms. The van der Waals surface area contributed by atoms with E-state index in [-0.39, 0.29) is 19.2 Å². The van der Waals surface area contributed by atoms with Gasteiger partial charge in [-0.1, -0.05) is 26.2 Å². The second-order valence-electron chi connectivity index (χ2n) is 4.82. The summed E-state index contributed by atoms with van der Waals surface area (Å²) in [6.07, 6.45) is 5.90. The molecule has 1 amide bonds. The van der Waals surface area contributed by atoms with E-state index < -0.39 is 12.1 Å².